The number of ether oxygens (including phenoxy) is 2. The van der Waals surface area contributed by atoms with Crippen LogP contribution in [0, 0.1) is 0 Å². The highest BCUT2D eigenvalue weighted by atomic mass is 79.9. The fourth-order valence-corrected chi connectivity index (χ4v) is 3.52. The number of fused-ring (bicyclic) bond motifs is 1. The fraction of sp³-hybridized carbons (Fsp3) is 0.304. The number of aromatic nitrogens is 1. The number of carbonyl (C=O) groups excluding carboxylic acids is 2. The van der Waals surface area contributed by atoms with Crippen LogP contribution >= 0.6 is 15.9 Å². The van der Waals surface area contributed by atoms with Crippen LogP contribution < -0.4 is 5.32 Å². The summed E-state index contributed by atoms with van der Waals surface area (Å²) in [7, 11) is 0. The van der Waals surface area contributed by atoms with Crippen LogP contribution in [0.2, 0.25) is 0 Å². The first kappa shape index (κ1) is 21.9. The Hall–Kier alpha value is -2.80. The highest BCUT2D eigenvalue weighted by molar-refractivity contribution is 9.10. The molecule has 0 radical (unpaired) electrons. The predicted molar refractivity (Wildman–Crippen MR) is 119 cm³/mol. The lowest BCUT2D eigenvalue weighted by Crippen LogP contribution is -2.45. The number of halogens is 1. The molecule has 1 atom stereocenters. The smallest absolute Gasteiger partial charge is 0.408 e. The zero-order valence-corrected chi connectivity index (χ0v) is 18.8. The number of hydrogen-bond acceptors (Lipinski definition) is 4. The van der Waals surface area contributed by atoms with Crippen molar-refractivity contribution in [1.29, 1.82) is 0 Å². The minimum atomic E-state index is -0.884. The van der Waals surface area contributed by atoms with Crippen LogP contribution in [-0.4, -0.2) is 28.7 Å². The molecule has 1 heterocycles. The Labute approximate surface area is 184 Å². The summed E-state index contributed by atoms with van der Waals surface area (Å²) in [5.41, 5.74) is 2.02. The van der Waals surface area contributed by atoms with Gasteiger partial charge in [-0.05, 0) is 53.9 Å². The summed E-state index contributed by atoms with van der Waals surface area (Å²) >= 11 is 3.52. The Morgan fingerprint density at radius 1 is 1.10 bits per heavy atom. The van der Waals surface area contributed by atoms with Gasteiger partial charge >= 0.3 is 12.1 Å². The van der Waals surface area contributed by atoms with Gasteiger partial charge in [-0.1, -0.05) is 42.5 Å². The van der Waals surface area contributed by atoms with E-state index in [0.717, 1.165) is 26.5 Å². The molecule has 1 amide bonds. The molecular formula is C23H25BrN2O4. The van der Waals surface area contributed by atoms with E-state index in [1.54, 1.807) is 20.8 Å². The van der Waals surface area contributed by atoms with Crippen LogP contribution in [0.25, 0.3) is 10.9 Å². The normalized spacial score (nSPS) is 12.4. The predicted octanol–water partition coefficient (Wildman–Crippen LogP) is 5.11. The first-order valence-corrected chi connectivity index (χ1v) is 10.5. The second-order valence-corrected chi connectivity index (χ2v) is 8.83. The number of rotatable bonds is 6. The van der Waals surface area contributed by atoms with Crippen molar-refractivity contribution in [2.75, 3.05) is 0 Å². The van der Waals surface area contributed by atoms with Gasteiger partial charge < -0.3 is 19.8 Å². The second kappa shape index (κ2) is 9.34. The molecule has 0 saturated carbocycles. The van der Waals surface area contributed by atoms with Gasteiger partial charge in [0.15, 0.2) is 0 Å². The highest BCUT2D eigenvalue weighted by Crippen LogP contribution is 2.26. The molecule has 3 rings (SSSR count). The zero-order valence-electron chi connectivity index (χ0n) is 17.2. The van der Waals surface area contributed by atoms with E-state index in [1.807, 2.05) is 54.7 Å². The summed E-state index contributed by atoms with van der Waals surface area (Å²) in [5.74, 6) is -0.511. The van der Waals surface area contributed by atoms with Crippen molar-refractivity contribution in [3.05, 3.63) is 70.3 Å². The van der Waals surface area contributed by atoms with Gasteiger partial charge in [0.1, 0.15) is 18.2 Å². The average Bonchev–Trinajstić information content (AvgIpc) is 3.10. The number of hydrogen-bond donors (Lipinski definition) is 2. The molecule has 0 spiro atoms. The van der Waals surface area contributed by atoms with Gasteiger partial charge in [0.05, 0.1) is 5.52 Å². The second-order valence-electron chi connectivity index (χ2n) is 7.97. The first-order chi connectivity index (χ1) is 14.2. The van der Waals surface area contributed by atoms with E-state index >= 15 is 0 Å². The van der Waals surface area contributed by atoms with Crippen molar-refractivity contribution in [3.63, 3.8) is 0 Å². The molecule has 0 unspecified atom stereocenters. The van der Waals surface area contributed by atoms with Gasteiger partial charge in [-0.3, -0.25) is 0 Å². The topological polar surface area (TPSA) is 80.4 Å². The third-order valence-electron chi connectivity index (χ3n) is 4.37. The Morgan fingerprint density at radius 2 is 1.83 bits per heavy atom. The zero-order chi connectivity index (χ0) is 21.7. The van der Waals surface area contributed by atoms with Gasteiger partial charge in [0, 0.05) is 22.5 Å². The molecule has 1 aromatic heterocycles. The number of benzene rings is 2. The summed E-state index contributed by atoms with van der Waals surface area (Å²) in [5, 5.41) is 3.64. The number of H-pyrrole nitrogens is 1. The molecule has 0 aliphatic carbocycles. The largest absolute Gasteiger partial charge is 0.458 e. The van der Waals surface area contributed by atoms with Crippen LogP contribution in [0.5, 0.6) is 0 Å². The number of nitrogens with one attached hydrogen (secondary N) is 2. The van der Waals surface area contributed by atoms with E-state index in [0.29, 0.717) is 0 Å². The van der Waals surface area contributed by atoms with Crippen LogP contribution in [0.4, 0.5) is 4.79 Å². The fourth-order valence-electron chi connectivity index (χ4n) is 3.04. The van der Waals surface area contributed by atoms with E-state index in [2.05, 4.69) is 26.2 Å². The summed E-state index contributed by atoms with van der Waals surface area (Å²) in [6.45, 7) is 5.49. The summed E-state index contributed by atoms with van der Waals surface area (Å²) in [4.78, 5) is 28.4. The van der Waals surface area contributed by atoms with Gasteiger partial charge in [-0.2, -0.15) is 0 Å². The van der Waals surface area contributed by atoms with Crippen molar-refractivity contribution >= 4 is 38.9 Å². The van der Waals surface area contributed by atoms with Crippen molar-refractivity contribution < 1.29 is 19.1 Å². The van der Waals surface area contributed by atoms with E-state index in [4.69, 9.17) is 9.47 Å². The van der Waals surface area contributed by atoms with Gasteiger partial charge in [0.25, 0.3) is 0 Å². The quantitative estimate of drug-likeness (QED) is 0.488. The molecule has 0 fully saturated rings. The molecule has 0 bridgehead atoms. The Kier molecular flexibility index (Phi) is 6.82. The standard InChI is InChI=1S/C23H25BrN2O4/c1-23(2,3)30-21(27)19(26-22(28)29-14-15-8-5-4-6-9-15)12-16-13-25-20-17(16)10-7-11-18(20)24/h4-11,13,19,25H,12,14H2,1-3H3,(H,26,28)/t19-/m1/s1. The minimum Gasteiger partial charge on any atom is -0.458 e. The summed E-state index contributed by atoms with van der Waals surface area (Å²) < 4.78 is 11.7. The average molecular weight is 473 g/mol. The molecule has 0 aliphatic rings. The van der Waals surface area contributed by atoms with Crippen LogP contribution in [-0.2, 0) is 27.3 Å². The van der Waals surface area contributed by atoms with Crippen LogP contribution in [0.1, 0.15) is 31.9 Å². The van der Waals surface area contributed by atoms with E-state index in [9.17, 15) is 9.59 Å². The number of para-hydroxylation sites is 1. The van der Waals surface area contributed by atoms with E-state index < -0.39 is 23.7 Å². The molecule has 30 heavy (non-hydrogen) atoms. The van der Waals surface area contributed by atoms with Crippen molar-refractivity contribution in [3.8, 4) is 0 Å². The molecule has 7 heteroatoms. The molecule has 2 aromatic carbocycles. The van der Waals surface area contributed by atoms with Gasteiger partial charge in [-0.15, -0.1) is 0 Å². The molecule has 3 aromatic rings. The first-order valence-electron chi connectivity index (χ1n) is 9.67. The Balaban J connectivity index is 1.75. The lowest BCUT2D eigenvalue weighted by atomic mass is 10.0. The van der Waals surface area contributed by atoms with E-state index in [1.165, 1.54) is 0 Å². The molecular weight excluding hydrogens is 448 g/mol. The molecule has 2 N–H and O–H groups in total. The maximum atomic E-state index is 12.8. The van der Waals surface area contributed by atoms with Crippen LogP contribution in [0.3, 0.4) is 0 Å². The maximum Gasteiger partial charge on any atom is 0.408 e. The maximum absolute atomic E-state index is 12.8. The summed E-state index contributed by atoms with van der Waals surface area (Å²) in [6, 6.07) is 14.3. The third kappa shape index (κ3) is 5.86. The number of aromatic amines is 1. The molecule has 0 saturated heterocycles. The van der Waals surface area contributed by atoms with E-state index in [-0.39, 0.29) is 13.0 Å². The SMILES string of the molecule is CC(C)(C)OC(=O)[C@@H](Cc1c[nH]c2c(Br)cccc12)NC(=O)OCc1ccccc1. The minimum absolute atomic E-state index is 0.119. The lowest BCUT2D eigenvalue weighted by molar-refractivity contribution is -0.157. The number of carbonyl (C=O) groups is 2. The molecule has 0 aliphatic heterocycles. The molecule has 158 valence electrons. The number of amides is 1. The number of alkyl carbamates (subject to hydrolysis) is 1. The lowest BCUT2D eigenvalue weighted by Gasteiger charge is -2.24. The van der Waals surface area contributed by atoms with Gasteiger partial charge in [-0.25, -0.2) is 9.59 Å². The van der Waals surface area contributed by atoms with Crippen LogP contribution in [0.15, 0.2) is 59.2 Å². The Bertz CT molecular complexity index is 1020. The van der Waals surface area contributed by atoms with Gasteiger partial charge in [0.2, 0.25) is 0 Å². The highest BCUT2D eigenvalue weighted by Gasteiger charge is 2.28. The third-order valence-corrected chi connectivity index (χ3v) is 5.03. The monoisotopic (exact) mass is 472 g/mol. The summed E-state index contributed by atoms with van der Waals surface area (Å²) in [6.07, 6.45) is 1.44. The van der Waals surface area contributed by atoms with Crippen molar-refractivity contribution in [2.24, 2.45) is 0 Å². The molecule has 6 nitrogen and oxygen atoms in total. The Morgan fingerprint density at radius 3 is 2.53 bits per heavy atom. The number of esters is 1. The van der Waals surface area contributed by atoms with Crippen molar-refractivity contribution in [2.45, 2.75) is 45.4 Å². The van der Waals surface area contributed by atoms with Crippen molar-refractivity contribution in [1.82, 2.24) is 10.3 Å².